The highest BCUT2D eigenvalue weighted by atomic mass is 16.5. The van der Waals surface area contributed by atoms with Gasteiger partial charge in [0.15, 0.2) is 0 Å². The number of rotatable bonds is 2. The second-order valence-corrected chi connectivity index (χ2v) is 4.84. The van der Waals surface area contributed by atoms with E-state index >= 15 is 0 Å². The molecule has 2 aliphatic rings. The molecule has 1 aliphatic heterocycles. The first-order chi connectivity index (χ1) is 8.22. The Bertz CT molecular complexity index is 384. The molecule has 17 heavy (non-hydrogen) atoms. The third kappa shape index (κ3) is 2.29. The Morgan fingerprint density at radius 2 is 2.12 bits per heavy atom. The van der Waals surface area contributed by atoms with Crippen LogP contribution in [0.4, 0.5) is 0 Å². The summed E-state index contributed by atoms with van der Waals surface area (Å²) in [5.74, 6) is 0.382. The van der Waals surface area contributed by atoms with Gasteiger partial charge in [-0.1, -0.05) is 13.0 Å². The van der Waals surface area contributed by atoms with Crippen molar-refractivity contribution in [3.05, 3.63) is 23.3 Å². The van der Waals surface area contributed by atoms with Gasteiger partial charge in [0.25, 0.3) is 0 Å². The van der Waals surface area contributed by atoms with Crippen LogP contribution >= 0.6 is 0 Å². The van der Waals surface area contributed by atoms with Gasteiger partial charge in [-0.2, -0.15) is 5.26 Å². The summed E-state index contributed by atoms with van der Waals surface area (Å²) in [6.07, 6.45) is 6.67. The molecule has 0 aromatic rings. The molecule has 3 heteroatoms. The van der Waals surface area contributed by atoms with E-state index in [1.165, 1.54) is 5.57 Å². The first-order valence-electron chi connectivity index (χ1n) is 6.16. The lowest BCUT2D eigenvalue weighted by Crippen LogP contribution is -2.42. The quantitative estimate of drug-likeness (QED) is 0.736. The summed E-state index contributed by atoms with van der Waals surface area (Å²) in [6.45, 7) is 3.69. The van der Waals surface area contributed by atoms with Crippen LogP contribution in [0.3, 0.4) is 0 Å². The summed E-state index contributed by atoms with van der Waals surface area (Å²) < 4.78 is 11.2. The molecule has 1 saturated heterocycles. The standard InChI is InChI=1S/C14H19NO2/c1-11-9-12(10-15)3-4-13(11)14(16-2)5-7-17-8-6-14/h3-4,11H,5-9H2,1-2H3. The summed E-state index contributed by atoms with van der Waals surface area (Å²) in [6, 6.07) is 2.24. The number of ether oxygens (including phenoxy) is 2. The molecule has 1 fully saturated rings. The summed E-state index contributed by atoms with van der Waals surface area (Å²) >= 11 is 0. The van der Waals surface area contributed by atoms with Crippen LogP contribution in [0.2, 0.25) is 0 Å². The van der Waals surface area contributed by atoms with Crippen molar-refractivity contribution in [1.82, 2.24) is 0 Å². The fraction of sp³-hybridized carbons (Fsp3) is 0.643. The highest BCUT2D eigenvalue weighted by Crippen LogP contribution is 2.40. The molecule has 0 N–H and O–H groups in total. The van der Waals surface area contributed by atoms with Gasteiger partial charge in [0.05, 0.1) is 11.7 Å². The fourth-order valence-corrected chi connectivity index (χ4v) is 2.86. The van der Waals surface area contributed by atoms with Crippen LogP contribution in [-0.4, -0.2) is 25.9 Å². The summed E-state index contributed by atoms with van der Waals surface area (Å²) in [7, 11) is 1.78. The highest BCUT2D eigenvalue weighted by molar-refractivity contribution is 5.37. The van der Waals surface area contributed by atoms with E-state index in [2.05, 4.69) is 19.1 Å². The van der Waals surface area contributed by atoms with E-state index in [1.807, 2.05) is 6.08 Å². The van der Waals surface area contributed by atoms with Gasteiger partial charge in [-0.3, -0.25) is 0 Å². The minimum Gasteiger partial charge on any atom is -0.381 e. The monoisotopic (exact) mass is 233 g/mol. The third-order valence-corrected chi connectivity index (χ3v) is 3.88. The molecule has 0 amide bonds. The Hall–Kier alpha value is -1.11. The topological polar surface area (TPSA) is 42.2 Å². The first-order valence-corrected chi connectivity index (χ1v) is 6.16. The summed E-state index contributed by atoms with van der Waals surface area (Å²) in [5, 5.41) is 8.93. The van der Waals surface area contributed by atoms with Gasteiger partial charge < -0.3 is 9.47 Å². The Kier molecular flexibility index (Phi) is 3.66. The van der Waals surface area contributed by atoms with Gasteiger partial charge in [-0.25, -0.2) is 0 Å². The molecule has 3 nitrogen and oxygen atoms in total. The minimum atomic E-state index is -0.171. The van der Waals surface area contributed by atoms with Crippen molar-refractivity contribution in [2.75, 3.05) is 20.3 Å². The number of methoxy groups -OCH3 is 1. The van der Waals surface area contributed by atoms with Crippen LogP contribution in [0.1, 0.15) is 26.2 Å². The maximum Gasteiger partial charge on any atom is 0.0947 e. The fourth-order valence-electron chi connectivity index (χ4n) is 2.86. The van der Waals surface area contributed by atoms with Crippen LogP contribution in [0, 0.1) is 17.2 Å². The molecule has 0 aromatic carbocycles. The van der Waals surface area contributed by atoms with Crippen LogP contribution in [0.15, 0.2) is 23.3 Å². The van der Waals surface area contributed by atoms with E-state index in [4.69, 9.17) is 14.7 Å². The van der Waals surface area contributed by atoms with E-state index in [0.29, 0.717) is 5.92 Å². The molecular weight excluding hydrogens is 214 g/mol. The summed E-state index contributed by atoms with van der Waals surface area (Å²) in [5.41, 5.74) is 2.01. The Morgan fingerprint density at radius 3 is 2.65 bits per heavy atom. The largest absolute Gasteiger partial charge is 0.381 e. The van der Waals surface area contributed by atoms with Gasteiger partial charge >= 0.3 is 0 Å². The van der Waals surface area contributed by atoms with E-state index in [0.717, 1.165) is 38.0 Å². The van der Waals surface area contributed by atoms with Crippen molar-refractivity contribution in [1.29, 1.82) is 5.26 Å². The predicted octanol–water partition coefficient (Wildman–Crippen LogP) is 2.60. The van der Waals surface area contributed by atoms with E-state index < -0.39 is 0 Å². The second-order valence-electron chi connectivity index (χ2n) is 4.84. The van der Waals surface area contributed by atoms with Crippen molar-refractivity contribution in [3.63, 3.8) is 0 Å². The average molecular weight is 233 g/mol. The van der Waals surface area contributed by atoms with Crippen LogP contribution in [-0.2, 0) is 9.47 Å². The molecule has 0 aromatic heterocycles. The van der Waals surface area contributed by atoms with Crippen LogP contribution in [0.5, 0.6) is 0 Å². The van der Waals surface area contributed by atoms with Gasteiger partial charge in [0, 0.05) is 38.7 Å². The smallest absolute Gasteiger partial charge is 0.0947 e. The van der Waals surface area contributed by atoms with Gasteiger partial charge in [0.2, 0.25) is 0 Å². The highest BCUT2D eigenvalue weighted by Gasteiger charge is 2.39. The van der Waals surface area contributed by atoms with Crippen molar-refractivity contribution >= 4 is 0 Å². The van der Waals surface area contributed by atoms with E-state index in [9.17, 15) is 0 Å². The molecule has 2 rings (SSSR count). The molecule has 1 aliphatic carbocycles. The minimum absolute atomic E-state index is 0.171. The zero-order chi connectivity index (χ0) is 12.3. The first kappa shape index (κ1) is 12.3. The zero-order valence-corrected chi connectivity index (χ0v) is 10.5. The van der Waals surface area contributed by atoms with Gasteiger partial charge in [0.1, 0.15) is 0 Å². The molecule has 0 radical (unpaired) electrons. The lowest BCUT2D eigenvalue weighted by Gasteiger charge is -2.41. The van der Waals surface area contributed by atoms with Crippen molar-refractivity contribution in [2.24, 2.45) is 5.92 Å². The summed E-state index contributed by atoms with van der Waals surface area (Å²) in [4.78, 5) is 0. The number of allylic oxidation sites excluding steroid dienone is 3. The normalized spacial score (nSPS) is 27.9. The maximum absolute atomic E-state index is 8.93. The zero-order valence-electron chi connectivity index (χ0n) is 10.5. The van der Waals surface area contributed by atoms with Crippen LogP contribution < -0.4 is 0 Å². The molecule has 1 heterocycles. The molecule has 0 spiro atoms. The third-order valence-electron chi connectivity index (χ3n) is 3.88. The lowest BCUT2D eigenvalue weighted by molar-refractivity contribution is -0.0705. The van der Waals surface area contributed by atoms with Crippen molar-refractivity contribution in [3.8, 4) is 6.07 Å². The van der Waals surface area contributed by atoms with Gasteiger partial charge in [-0.05, 0) is 24.0 Å². The SMILES string of the molecule is COC1(C2=CC=C(C#N)CC2C)CCOCC1. The Balaban J connectivity index is 2.28. The Labute approximate surface area is 103 Å². The van der Waals surface area contributed by atoms with Gasteiger partial charge in [-0.15, -0.1) is 0 Å². The second kappa shape index (κ2) is 5.03. The average Bonchev–Trinajstić information content (AvgIpc) is 2.39. The molecule has 92 valence electrons. The molecule has 1 unspecified atom stereocenters. The number of hydrogen-bond acceptors (Lipinski definition) is 3. The number of nitrogens with zero attached hydrogens (tertiary/aromatic N) is 1. The van der Waals surface area contributed by atoms with Crippen molar-refractivity contribution < 1.29 is 9.47 Å². The predicted molar refractivity (Wildman–Crippen MR) is 65.4 cm³/mol. The lowest BCUT2D eigenvalue weighted by atomic mass is 9.75. The molecule has 0 bridgehead atoms. The van der Waals surface area contributed by atoms with Crippen LogP contribution in [0.25, 0.3) is 0 Å². The van der Waals surface area contributed by atoms with E-state index in [-0.39, 0.29) is 5.60 Å². The number of hydrogen-bond donors (Lipinski definition) is 0. The Morgan fingerprint density at radius 1 is 1.41 bits per heavy atom. The molecule has 1 atom stereocenters. The molecule has 0 saturated carbocycles. The number of nitriles is 1. The maximum atomic E-state index is 8.93. The van der Waals surface area contributed by atoms with E-state index in [1.54, 1.807) is 7.11 Å². The molecular formula is C14H19NO2. The van der Waals surface area contributed by atoms with Crippen molar-refractivity contribution in [2.45, 2.75) is 31.8 Å².